The Morgan fingerprint density at radius 2 is 1.50 bits per heavy atom. The van der Waals surface area contributed by atoms with Gasteiger partial charge >= 0.3 is 5.97 Å². The highest BCUT2D eigenvalue weighted by molar-refractivity contribution is 5.86. The number of ether oxygens (including phenoxy) is 1. The fourth-order valence-electron chi connectivity index (χ4n) is 3.02. The first-order chi connectivity index (χ1) is 12.6. The molecular weight excluding hydrogens is 324 g/mol. The Hall–Kier alpha value is -2.42. The smallest absolute Gasteiger partial charge is 0.310 e. The van der Waals surface area contributed by atoms with Gasteiger partial charge in [0.05, 0.1) is 5.92 Å². The summed E-state index contributed by atoms with van der Waals surface area (Å²) in [4.78, 5) is 25.2. The number of carbonyl (C=O) groups is 2. The lowest BCUT2D eigenvalue weighted by Gasteiger charge is -2.18. The van der Waals surface area contributed by atoms with Gasteiger partial charge in [0.2, 0.25) is 0 Å². The van der Waals surface area contributed by atoms with Crippen molar-refractivity contribution < 1.29 is 14.3 Å². The Morgan fingerprint density at radius 1 is 0.923 bits per heavy atom. The average Bonchev–Trinajstić information content (AvgIpc) is 2.67. The van der Waals surface area contributed by atoms with E-state index >= 15 is 0 Å². The first kappa shape index (κ1) is 19.9. The number of esters is 1. The van der Waals surface area contributed by atoms with Crippen molar-refractivity contribution in [2.75, 3.05) is 0 Å². The maximum Gasteiger partial charge on any atom is 0.310 e. The van der Waals surface area contributed by atoms with Crippen LogP contribution in [0.15, 0.2) is 60.7 Å². The van der Waals surface area contributed by atoms with Crippen LogP contribution in [0.25, 0.3) is 0 Å². The third-order valence-corrected chi connectivity index (χ3v) is 4.60. The van der Waals surface area contributed by atoms with Gasteiger partial charge in [-0.05, 0) is 24.0 Å². The summed E-state index contributed by atoms with van der Waals surface area (Å²) < 4.78 is 5.51. The number of ketones is 1. The molecule has 26 heavy (non-hydrogen) atoms. The summed E-state index contributed by atoms with van der Waals surface area (Å²) in [5.74, 6) is -0.604. The first-order valence-electron chi connectivity index (χ1n) is 9.37. The van der Waals surface area contributed by atoms with Gasteiger partial charge in [-0.2, -0.15) is 0 Å². The van der Waals surface area contributed by atoms with Gasteiger partial charge in [-0.25, -0.2) is 0 Å². The van der Waals surface area contributed by atoms with Crippen LogP contribution in [0.3, 0.4) is 0 Å². The van der Waals surface area contributed by atoms with E-state index in [1.165, 1.54) is 0 Å². The van der Waals surface area contributed by atoms with Crippen LogP contribution in [-0.2, 0) is 27.4 Å². The van der Waals surface area contributed by atoms with E-state index in [0.717, 1.165) is 24.0 Å². The molecule has 0 N–H and O–H groups in total. The standard InChI is InChI=1S/C23H28O3/c1-3-10-18(2)22(24)16-21(15-19-11-6-4-7-12-19)23(25)26-17-20-13-8-5-9-14-20/h4-9,11-14,18,21H,3,10,15-17H2,1-2H3/t18-,21+/m0/s1. The summed E-state index contributed by atoms with van der Waals surface area (Å²) in [6.07, 6.45) is 2.59. The number of Topliss-reactive ketones (excluding diaryl/α,β-unsaturated/α-hetero) is 1. The molecule has 0 aliphatic rings. The predicted octanol–water partition coefficient (Wildman–Crippen LogP) is 4.98. The molecule has 0 aromatic heterocycles. The van der Waals surface area contributed by atoms with E-state index in [9.17, 15) is 9.59 Å². The molecule has 0 fully saturated rings. The highest BCUT2D eigenvalue weighted by atomic mass is 16.5. The molecule has 0 radical (unpaired) electrons. The van der Waals surface area contributed by atoms with Gasteiger partial charge in [0.15, 0.2) is 0 Å². The summed E-state index contributed by atoms with van der Waals surface area (Å²) in [5.41, 5.74) is 2.00. The summed E-state index contributed by atoms with van der Waals surface area (Å²) in [6, 6.07) is 19.4. The van der Waals surface area contributed by atoms with Gasteiger partial charge in [-0.1, -0.05) is 80.9 Å². The Kier molecular flexibility index (Phi) is 8.07. The molecule has 0 amide bonds. The second-order valence-electron chi connectivity index (χ2n) is 6.84. The van der Waals surface area contributed by atoms with Crippen LogP contribution in [0, 0.1) is 11.8 Å². The molecule has 0 spiro atoms. The van der Waals surface area contributed by atoms with Crippen LogP contribution in [0.2, 0.25) is 0 Å². The minimum Gasteiger partial charge on any atom is -0.461 e. The predicted molar refractivity (Wildman–Crippen MR) is 104 cm³/mol. The molecule has 3 nitrogen and oxygen atoms in total. The molecule has 0 aliphatic carbocycles. The highest BCUT2D eigenvalue weighted by Gasteiger charge is 2.26. The van der Waals surface area contributed by atoms with E-state index < -0.39 is 5.92 Å². The van der Waals surface area contributed by atoms with Gasteiger partial charge in [0, 0.05) is 12.3 Å². The number of hydrogen-bond acceptors (Lipinski definition) is 3. The number of benzene rings is 2. The Bertz CT molecular complexity index is 679. The summed E-state index contributed by atoms with van der Waals surface area (Å²) >= 11 is 0. The van der Waals surface area contributed by atoms with Gasteiger partial charge in [0.25, 0.3) is 0 Å². The Morgan fingerprint density at radius 3 is 2.08 bits per heavy atom. The maximum absolute atomic E-state index is 12.7. The van der Waals surface area contributed by atoms with Crippen molar-refractivity contribution in [3.05, 3.63) is 71.8 Å². The van der Waals surface area contributed by atoms with Crippen molar-refractivity contribution in [1.29, 1.82) is 0 Å². The Labute approximate surface area is 156 Å². The molecule has 2 aromatic rings. The van der Waals surface area contributed by atoms with Gasteiger partial charge < -0.3 is 4.74 Å². The van der Waals surface area contributed by atoms with Crippen molar-refractivity contribution in [3.63, 3.8) is 0 Å². The van der Waals surface area contributed by atoms with Crippen LogP contribution >= 0.6 is 0 Å². The normalized spacial score (nSPS) is 13.0. The van der Waals surface area contributed by atoms with Crippen LogP contribution < -0.4 is 0 Å². The van der Waals surface area contributed by atoms with Crippen LogP contribution in [0.5, 0.6) is 0 Å². The second-order valence-corrected chi connectivity index (χ2v) is 6.84. The lowest BCUT2D eigenvalue weighted by atomic mass is 9.89. The SMILES string of the molecule is CCC[C@H](C)C(=O)C[C@@H](Cc1ccccc1)C(=O)OCc1ccccc1. The average molecular weight is 352 g/mol. The van der Waals surface area contributed by atoms with Crippen LogP contribution in [0.4, 0.5) is 0 Å². The minimum atomic E-state index is -0.437. The molecule has 0 aliphatic heterocycles. The molecule has 0 bridgehead atoms. The molecule has 0 saturated carbocycles. The Balaban J connectivity index is 2.03. The fourth-order valence-corrected chi connectivity index (χ4v) is 3.02. The number of rotatable bonds is 10. The van der Waals surface area contributed by atoms with E-state index in [-0.39, 0.29) is 30.7 Å². The number of carbonyl (C=O) groups excluding carboxylic acids is 2. The van der Waals surface area contributed by atoms with E-state index in [0.29, 0.717) is 6.42 Å². The topological polar surface area (TPSA) is 43.4 Å². The van der Waals surface area contributed by atoms with Crippen molar-refractivity contribution in [2.24, 2.45) is 11.8 Å². The zero-order chi connectivity index (χ0) is 18.8. The van der Waals surface area contributed by atoms with E-state index in [1.54, 1.807) is 0 Å². The third-order valence-electron chi connectivity index (χ3n) is 4.60. The minimum absolute atomic E-state index is 0.0137. The van der Waals surface area contributed by atoms with Gasteiger partial charge in [0.1, 0.15) is 12.4 Å². The van der Waals surface area contributed by atoms with Crippen LogP contribution in [0.1, 0.15) is 44.2 Å². The molecule has 0 unspecified atom stereocenters. The molecule has 138 valence electrons. The van der Waals surface area contributed by atoms with Gasteiger partial charge in [-0.3, -0.25) is 9.59 Å². The third kappa shape index (κ3) is 6.47. The van der Waals surface area contributed by atoms with E-state index in [1.807, 2.05) is 67.6 Å². The molecule has 2 atom stereocenters. The molecule has 2 rings (SSSR count). The zero-order valence-corrected chi connectivity index (χ0v) is 15.7. The first-order valence-corrected chi connectivity index (χ1v) is 9.37. The van der Waals surface area contributed by atoms with Gasteiger partial charge in [-0.15, -0.1) is 0 Å². The highest BCUT2D eigenvalue weighted by Crippen LogP contribution is 2.19. The van der Waals surface area contributed by atoms with Crippen molar-refractivity contribution in [1.82, 2.24) is 0 Å². The zero-order valence-electron chi connectivity index (χ0n) is 15.7. The molecule has 2 aromatic carbocycles. The van der Waals surface area contributed by atoms with E-state index in [4.69, 9.17) is 4.74 Å². The fraction of sp³-hybridized carbons (Fsp3) is 0.391. The monoisotopic (exact) mass is 352 g/mol. The second kappa shape index (κ2) is 10.5. The van der Waals surface area contributed by atoms with Crippen LogP contribution in [-0.4, -0.2) is 11.8 Å². The lowest BCUT2D eigenvalue weighted by Crippen LogP contribution is -2.25. The molecule has 3 heteroatoms. The van der Waals surface area contributed by atoms with Crippen molar-refractivity contribution in [3.8, 4) is 0 Å². The van der Waals surface area contributed by atoms with E-state index in [2.05, 4.69) is 6.92 Å². The molecule has 0 saturated heterocycles. The van der Waals surface area contributed by atoms with Crippen molar-refractivity contribution in [2.45, 2.75) is 46.1 Å². The molecular formula is C23H28O3. The lowest BCUT2D eigenvalue weighted by molar-refractivity contribution is -0.151. The number of hydrogen-bond donors (Lipinski definition) is 0. The maximum atomic E-state index is 12.7. The molecule has 0 heterocycles. The largest absolute Gasteiger partial charge is 0.461 e. The summed E-state index contributed by atoms with van der Waals surface area (Å²) in [5, 5.41) is 0. The van der Waals surface area contributed by atoms with Crippen molar-refractivity contribution >= 4 is 11.8 Å². The summed E-state index contributed by atoms with van der Waals surface area (Å²) in [6.45, 7) is 4.25. The quantitative estimate of drug-likeness (QED) is 0.566. The summed E-state index contributed by atoms with van der Waals surface area (Å²) in [7, 11) is 0.